The van der Waals surface area contributed by atoms with E-state index in [0.717, 1.165) is 5.56 Å². The molecule has 1 amide bonds. The topological polar surface area (TPSA) is 129 Å². The van der Waals surface area contributed by atoms with Crippen molar-refractivity contribution < 1.29 is 9.72 Å². The maximum atomic E-state index is 11.9. The zero-order chi connectivity index (χ0) is 15.4. The van der Waals surface area contributed by atoms with Crippen LogP contribution in [0.4, 0.5) is 11.4 Å². The summed E-state index contributed by atoms with van der Waals surface area (Å²) in [5.41, 5.74) is 7.03. The molecule has 1 aromatic carbocycles. The number of benzene rings is 1. The third-order valence-corrected chi connectivity index (χ3v) is 2.81. The van der Waals surface area contributed by atoms with Crippen molar-refractivity contribution in [3.05, 3.63) is 45.8 Å². The molecule has 0 fully saturated rings. The highest BCUT2D eigenvalue weighted by Gasteiger charge is 2.12. The Morgan fingerprint density at radius 1 is 1.52 bits per heavy atom. The van der Waals surface area contributed by atoms with Crippen LogP contribution < -0.4 is 11.1 Å². The average molecular weight is 290 g/mol. The van der Waals surface area contributed by atoms with Crippen molar-refractivity contribution in [1.82, 2.24) is 15.0 Å². The minimum Gasteiger partial charge on any atom is -0.325 e. The zero-order valence-electron chi connectivity index (χ0n) is 11.3. The number of aryl methyl sites for hydroxylation is 1. The van der Waals surface area contributed by atoms with E-state index in [1.165, 1.54) is 16.8 Å². The van der Waals surface area contributed by atoms with Crippen LogP contribution >= 0.6 is 0 Å². The molecule has 0 radical (unpaired) electrons. The third kappa shape index (κ3) is 3.60. The lowest BCUT2D eigenvalue weighted by Crippen LogP contribution is -2.19. The van der Waals surface area contributed by atoms with Gasteiger partial charge in [-0.3, -0.25) is 14.9 Å². The molecule has 0 saturated heterocycles. The molecule has 9 heteroatoms. The van der Waals surface area contributed by atoms with Crippen molar-refractivity contribution >= 4 is 17.3 Å². The summed E-state index contributed by atoms with van der Waals surface area (Å²) in [6.45, 7) is 1.95. The van der Waals surface area contributed by atoms with E-state index < -0.39 is 4.92 Å². The first-order chi connectivity index (χ1) is 9.99. The highest BCUT2D eigenvalue weighted by atomic mass is 16.6. The summed E-state index contributed by atoms with van der Waals surface area (Å²) in [5.74, 6) is -0.355. The number of amides is 1. The molecule has 1 aromatic heterocycles. The number of hydrogen-bond donors (Lipinski definition) is 2. The molecule has 0 aliphatic rings. The molecule has 0 atom stereocenters. The second kappa shape index (κ2) is 6.09. The van der Waals surface area contributed by atoms with Crippen LogP contribution in [0.5, 0.6) is 0 Å². The quantitative estimate of drug-likeness (QED) is 0.612. The normalized spacial score (nSPS) is 10.4. The number of rotatable bonds is 5. The Balaban J connectivity index is 2.08. The van der Waals surface area contributed by atoms with Crippen LogP contribution in [0.3, 0.4) is 0 Å². The molecule has 0 aliphatic heterocycles. The fourth-order valence-electron chi connectivity index (χ4n) is 1.70. The molecule has 0 spiro atoms. The summed E-state index contributed by atoms with van der Waals surface area (Å²) in [5, 5.41) is 20.9. The predicted octanol–water partition coefficient (Wildman–Crippen LogP) is 0.592. The van der Waals surface area contributed by atoms with Gasteiger partial charge in [0.25, 0.3) is 5.69 Å². The molecule has 2 rings (SSSR count). The van der Waals surface area contributed by atoms with Crippen LogP contribution in [-0.2, 0) is 17.9 Å². The summed E-state index contributed by atoms with van der Waals surface area (Å²) >= 11 is 0. The van der Waals surface area contributed by atoms with Gasteiger partial charge in [0.2, 0.25) is 5.91 Å². The van der Waals surface area contributed by atoms with Crippen LogP contribution in [0.15, 0.2) is 24.4 Å². The number of nitrogens with one attached hydrogen (secondary N) is 1. The first kappa shape index (κ1) is 14.6. The van der Waals surface area contributed by atoms with E-state index in [4.69, 9.17) is 5.73 Å². The number of anilines is 1. The van der Waals surface area contributed by atoms with E-state index in [0.29, 0.717) is 11.4 Å². The van der Waals surface area contributed by atoms with Gasteiger partial charge in [-0.2, -0.15) is 0 Å². The second-order valence-corrected chi connectivity index (χ2v) is 4.42. The van der Waals surface area contributed by atoms with Gasteiger partial charge >= 0.3 is 0 Å². The molecule has 110 valence electrons. The van der Waals surface area contributed by atoms with Crippen LogP contribution in [0.25, 0.3) is 0 Å². The van der Waals surface area contributed by atoms with Crippen LogP contribution in [0, 0.1) is 17.0 Å². The molecule has 1 heterocycles. The van der Waals surface area contributed by atoms with Crippen molar-refractivity contribution in [2.24, 2.45) is 5.73 Å². The van der Waals surface area contributed by atoms with E-state index in [1.807, 2.05) is 0 Å². The molecular weight excluding hydrogens is 276 g/mol. The van der Waals surface area contributed by atoms with E-state index in [2.05, 4.69) is 15.6 Å². The summed E-state index contributed by atoms with van der Waals surface area (Å²) in [6.07, 6.45) is 1.57. The van der Waals surface area contributed by atoms with Crippen LogP contribution in [0.1, 0.15) is 11.3 Å². The average Bonchev–Trinajstić information content (AvgIpc) is 2.88. The van der Waals surface area contributed by atoms with Gasteiger partial charge < -0.3 is 11.1 Å². The number of carbonyl (C=O) groups is 1. The Morgan fingerprint density at radius 3 is 2.90 bits per heavy atom. The first-order valence-electron chi connectivity index (χ1n) is 6.13. The zero-order valence-corrected chi connectivity index (χ0v) is 11.3. The fourth-order valence-corrected chi connectivity index (χ4v) is 1.70. The molecular formula is C12H14N6O3. The molecule has 0 unspecified atom stereocenters. The van der Waals surface area contributed by atoms with Crippen molar-refractivity contribution in [2.75, 3.05) is 5.32 Å². The summed E-state index contributed by atoms with van der Waals surface area (Å²) < 4.78 is 1.35. The molecule has 21 heavy (non-hydrogen) atoms. The summed E-state index contributed by atoms with van der Waals surface area (Å²) in [7, 11) is 0. The van der Waals surface area contributed by atoms with Gasteiger partial charge in [-0.05, 0) is 12.5 Å². The molecule has 3 N–H and O–H groups in total. The van der Waals surface area contributed by atoms with Crippen LogP contribution in [0.2, 0.25) is 0 Å². The maximum absolute atomic E-state index is 11.9. The minimum absolute atomic E-state index is 0.0465. The van der Waals surface area contributed by atoms with E-state index in [9.17, 15) is 14.9 Å². The number of nitrogens with zero attached hydrogens (tertiary/aromatic N) is 4. The largest absolute Gasteiger partial charge is 0.325 e. The van der Waals surface area contributed by atoms with Gasteiger partial charge in [0, 0.05) is 18.7 Å². The van der Waals surface area contributed by atoms with Gasteiger partial charge in [0.05, 0.1) is 22.5 Å². The minimum atomic E-state index is -0.514. The third-order valence-electron chi connectivity index (χ3n) is 2.81. The lowest BCUT2D eigenvalue weighted by atomic mass is 10.2. The van der Waals surface area contributed by atoms with Gasteiger partial charge in [-0.1, -0.05) is 11.3 Å². The number of nitro groups is 1. The number of carbonyl (C=O) groups excluding carboxylic acids is 1. The summed E-state index contributed by atoms with van der Waals surface area (Å²) in [6, 6.07) is 4.28. The SMILES string of the molecule is Cc1ccc([N+](=O)[O-])cc1NC(=O)Cn1cc(CN)nn1. The molecule has 0 saturated carbocycles. The number of nitro benzene ring substituents is 1. The number of nitrogens with two attached hydrogens (primary N) is 1. The molecule has 0 aliphatic carbocycles. The van der Waals surface area contributed by atoms with Gasteiger partial charge in [0.1, 0.15) is 6.54 Å². The Morgan fingerprint density at radius 2 is 2.29 bits per heavy atom. The Labute approximate surface area is 119 Å². The van der Waals surface area contributed by atoms with E-state index in [1.54, 1.807) is 19.2 Å². The Bertz CT molecular complexity index is 681. The monoisotopic (exact) mass is 290 g/mol. The molecule has 0 bridgehead atoms. The highest BCUT2D eigenvalue weighted by molar-refractivity contribution is 5.91. The second-order valence-electron chi connectivity index (χ2n) is 4.42. The van der Waals surface area contributed by atoms with Crippen molar-refractivity contribution in [1.29, 1.82) is 0 Å². The summed E-state index contributed by atoms with van der Waals surface area (Å²) in [4.78, 5) is 22.1. The van der Waals surface area contributed by atoms with Crippen molar-refractivity contribution in [3.8, 4) is 0 Å². The van der Waals surface area contributed by atoms with Crippen LogP contribution in [-0.4, -0.2) is 25.8 Å². The molecule has 2 aromatic rings. The Kier molecular flexibility index (Phi) is 4.24. The van der Waals surface area contributed by atoms with E-state index in [-0.39, 0.29) is 24.7 Å². The Hall–Kier alpha value is -2.81. The van der Waals surface area contributed by atoms with Crippen molar-refractivity contribution in [3.63, 3.8) is 0 Å². The number of aromatic nitrogens is 3. The fraction of sp³-hybridized carbons (Fsp3) is 0.250. The van der Waals surface area contributed by atoms with Gasteiger partial charge in [-0.25, -0.2) is 4.68 Å². The van der Waals surface area contributed by atoms with Crippen molar-refractivity contribution in [2.45, 2.75) is 20.0 Å². The lowest BCUT2D eigenvalue weighted by molar-refractivity contribution is -0.384. The van der Waals surface area contributed by atoms with E-state index >= 15 is 0 Å². The number of hydrogen-bond acceptors (Lipinski definition) is 6. The van der Waals surface area contributed by atoms with Gasteiger partial charge in [-0.15, -0.1) is 5.10 Å². The predicted molar refractivity (Wildman–Crippen MR) is 74.4 cm³/mol. The smallest absolute Gasteiger partial charge is 0.271 e. The van der Waals surface area contributed by atoms with Gasteiger partial charge in [0.15, 0.2) is 0 Å². The number of non-ortho nitro benzene ring substituents is 1. The first-order valence-corrected chi connectivity index (χ1v) is 6.13. The lowest BCUT2D eigenvalue weighted by Gasteiger charge is -2.08. The highest BCUT2D eigenvalue weighted by Crippen LogP contribution is 2.21. The maximum Gasteiger partial charge on any atom is 0.271 e. The molecule has 9 nitrogen and oxygen atoms in total. The standard InChI is InChI=1S/C12H14N6O3/c1-8-2-3-10(18(20)21)4-11(8)14-12(19)7-17-6-9(5-13)15-16-17/h2-4,6H,5,7,13H2,1H3,(H,14,19).